The summed E-state index contributed by atoms with van der Waals surface area (Å²) in [4.78, 5) is 25.1. The van der Waals surface area contributed by atoms with E-state index in [1.165, 1.54) is 18.2 Å². The van der Waals surface area contributed by atoms with Crippen LogP contribution in [0.1, 0.15) is 25.3 Å². The van der Waals surface area contributed by atoms with Crippen LogP contribution in [0.4, 0.5) is 23.7 Å². The van der Waals surface area contributed by atoms with Gasteiger partial charge >= 0.3 is 12.2 Å². The highest BCUT2D eigenvalue weighted by atomic mass is 19.4. The minimum atomic E-state index is -4.53. The van der Waals surface area contributed by atoms with Gasteiger partial charge in [0.25, 0.3) is 0 Å². The van der Waals surface area contributed by atoms with E-state index in [4.69, 9.17) is 0 Å². The molecule has 1 aromatic carbocycles. The van der Waals surface area contributed by atoms with E-state index in [1.54, 1.807) is 4.90 Å². The summed E-state index contributed by atoms with van der Waals surface area (Å²) < 4.78 is 38.6. The van der Waals surface area contributed by atoms with Crippen molar-refractivity contribution in [1.82, 2.24) is 10.2 Å². The number of amides is 3. The predicted octanol–water partition coefficient (Wildman–Crippen LogP) is 3.09. The third-order valence-corrected chi connectivity index (χ3v) is 3.80. The first kappa shape index (κ1) is 18.1. The van der Waals surface area contributed by atoms with Gasteiger partial charge in [0.15, 0.2) is 0 Å². The number of nitrogens with zero attached hydrogens (tertiary/aromatic N) is 1. The zero-order valence-electron chi connectivity index (χ0n) is 13.3. The molecule has 0 radical (unpaired) electrons. The molecule has 0 aliphatic carbocycles. The van der Waals surface area contributed by atoms with Crippen LogP contribution in [0.5, 0.6) is 0 Å². The van der Waals surface area contributed by atoms with Gasteiger partial charge in [-0.05, 0) is 24.5 Å². The number of urea groups is 1. The first-order chi connectivity index (χ1) is 11.3. The van der Waals surface area contributed by atoms with Crippen LogP contribution < -0.4 is 10.6 Å². The number of likely N-dealkylation sites (tertiary alicyclic amines) is 1. The van der Waals surface area contributed by atoms with Gasteiger partial charge in [-0.25, -0.2) is 4.79 Å². The van der Waals surface area contributed by atoms with Crippen LogP contribution in [-0.2, 0) is 11.0 Å². The van der Waals surface area contributed by atoms with Gasteiger partial charge in [-0.15, -0.1) is 0 Å². The second-order valence-corrected chi connectivity index (χ2v) is 5.93. The highest BCUT2D eigenvalue weighted by molar-refractivity contribution is 5.90. The molecule has 132 valence electrons. The molecule has 2 rings (SSSR count). The molecule has 1 aliphatic rings. The number of nitrogens with one attached hydrogen (secondary N) is 2. The van der Waals surface area contributed by atoms with E-state index < -0.39 is 17.8 Å². The van der Waals surface area contributed by atoms with Crippen LogP contribution in [0.3, 0.4) is 0 Å². The topological polar surface area (TPSA) is 61.4 Å². The monoisotopic (exact) mass is 343 g/mol. The van der Waals surface area contributed by atoms with Crippen molar-refractivity contribution in [2.75, 3.05) is 25.0 Å². The highest BCUT2D eigenvalue weighted by Crippen LogP contribution is 2.34. The van der Waals surface area contributed by atoms with Gasteiger partial charge in [-0.2, -0.15) is 13.2 Å². The molecule has 1 heterocycles. The molecule has 1 saturated heterocycles. The standard InChI is InChI=1S/C16H20F3N3O2/c1-11(10-22-8-4-7-14(22)23)9-20-15(24)21-13-6-3-2-5-12(13)16(17,18)19/h2-3,5-6,11H,4,7-10H2,1H3,(H2,20,21,24)/t11-/m0/s1. The van der Waals surface area contributed by atoms with Gasteiger partial charge in [0.1, 0.15) is 0 Å². The fraction of sp³-hybridized carbons (Fsp3) is 0.500. The maximum Gasteiger partial charge on any atom is 0.418 e. The summed E-state index contributed by atoms with van der Waals surface area (Å²) in [6.07, 6.45) is -3.14. The number of rotatable bonds is 5. The average molecular weight is 343 g/mol. The Hall–Kier alpha value is -2.25. The molecule has 8 heteroatoms. The lowest BCUT2D eigenvalue weighted by Crippen LogP contribution is -2.38. The van der Waals surface area contributed by atoms with Crippen LogP contribution in [0.25, 0.3) is 0 Å². The fourth-order valence-corrected chi connectivity index (χ4v) is 2.61. The van der Waals surface area contributed by atoms with E-state index >= 15 is 0 Å². The van der Waals surface area contributed by atoms with Gasteiger partial charge in [-0.1, -0.05) is 19.1 Å². The lowest BCUT2D eigenvalue weighted by atomic mass is 10.1. The highest BCUT2D eigenvalue weighted by Gasteiger charge is 2.33. The van der Waals surface area contributed by atoms with E-state index in [1.807, 2.05) is 6.92 Å². The van der Waals surface area contributed by atoms with Crippen molar-refractivity contribution in [3.63, 3.8) is 0 Å². The Morgan fingerprint density at radius 2 is 2.04 bits per heavy atom. The SMILES string of the molecule is C[C@@H](CNC(=O)Nc1ccccc1C(F)(F)F)CN1CCCC1=O. The first-order valence-corrected chi connectivity index (χ1v) is 7.76. The van der Waals surface area contributed by atoms with Crippen LogP contribution in [-0.4, -0.2) is 36.5 Å². The largest absolute Gasteiger partial charge is 0.418 e. The maximum atomic E-state index is 12.9. The summed E-state index contributed by atoms with van der Waals surface area (Å²) in [6, 6.07) is 4.10. The number of carbonyl (C=O) groups is 2. The van der Waals surface area contributed by atoms with Crippen LogP contribution in [0.15, 0.2) is 24.3 Å². The minimum Gasteiger partial charge on any atom is -0.342 e. The zero-order valence-corrected chi connectivity index (χ0v) is 13.3. The Labute approximate surface area is 138 Å². The Balaban J connectivity index is 1.84. The molecule has 1 aliphatic heterocycles. The molecule has 0 aromatic heterocycles. The summed E-state index contributed by atoms with van der Waals surface area (Å²) in [7, 11) is 0. The molecule has 0 bridgehead atoms. The Kier molecular flexibility index (Phi) is 5.69. The van der Waals surface area contributed by atoms with Gasteiger partial charge in [0.2, 0.25) is 5.91 Å². The van der Waals surface area contributed by atoms with Crippen molar-refractivity contribution in [1.29, 1.82) is 0 Å². The molecular formula is C16H20F3N3O2. The summed E-state index contributed by atoms with van der Waals surface area (Å²) in [5.74, 6) is 0.112. The molecule has 3 amide bonds. The number of alkyl halides is 3. The van der Waals surface area contributed by atoms with Crippen LogP contribution >= 0.6 is 0 Å². The second kappa shape index (κ2) is 7.55. The molecule has 0 unspecified atom stereocenters. The third kappa shape index (κ3) is 4.87. The van der Waals surface area contributed by atoms with E-state index in [-0.39, 0.29) is 24.1 Å². The molecule has 2 N–H and O–H groups in total. The molecule has 24 heavy (non-hydrogen) atoms. The van der Waals surface area contributed by atoms with Crippen molar-refractivity contribution in [2.24, 2.45) is 5.92 Å². The fourth-order valence-electron chi connectivity index (χ4n) is 2.61. The number of hydrogen-bond acceptors (Lipinski definition) is 2. The summed E-state index contributed by atoms with van der Waals surface area (Å²) >= 11 is 0. The number of benzene rings is 1. The maximum absolute atomic E-state index is 12.9. The number of para-hydroxylation sites is 1. The second-order valence-electron chi connectivity index (χ2n) is 5.93. The molecule has 1 fully saturated rings. The van der Waals surface area contributed by atoms with Crippen LogP contribution in [0, 0.1) is 5.92 Å². The van der Waals surface area contributed by atoms with Crippen molar-refractivity contribution in [2.45, 2.75) is 25.9 Å². The number of carbonyl (C=O) groups excluding carboxylic acids is 2. The van der Waals surface area contributed by atoms with E-state index in [9.17, 15) is 22.8 Å². The quantitative estimate of drug-likeness (QED) is 0.863. The molecule has 0 spiro atoms. The van der Waals surface area contributed by atoms with E-state index in [0.29, 0.717) is 19.5 Å². The smallest absolute Gasteiger partial charge is 0.342 e. The Morgan fingerprint density at radius 1 is 1.33 bits per heavy atom. The van der Waals surface area contributed by atoms with Crippen molar-refractivity contribution in [3.8, 4) is 0 Å². The number of hydrogen-bond donors (Lipinski definition) is 2. The van der Waals surface area contributed by atoms with Crippen molar-refractivity contribution >= 4 is 17.6 Å². The van der Waals surface area contributed by atoms with Crippen molar-refractivity contribution in [3.05, 3.63) is 29.8 Å². The molecule has 1 aromatic rings. The van der Waals surface area contributed by atoms with E-state index in [2.05, 4.69) is 10.6 Å². The van der Waals surface area contributed by atoms with Gasteiger partial charge < -0.3 is 15.5 Å². The van der Waals surface area contributed by atoms with Gasteiger partial charge in [0, 0.05) is 26.1 Å². The lowest BCUT2D eigenvalue weighted by molar-refractivity contribution is -0.137. The summed E-state index contributed by atoms with van der Waals surface area (Å²) in [5.41, 5.74) is -1.18. The summed E-state index contributed by atoms with van der Waals surface area (Å²) in [5, 5.41) is 4.77. The average Bonchev–Trinajstić information content (AvgIpc) is 2.90. The summed E-state index contributed by atoms with van der Waals surface area (Å²) in [6.45, 7) is 3.38. The van der Waals surface area contributed by atoms with Crippen LogP contribution in [0.2, 0.25) is 0 Å². The first-order valence-electron chi connectivity index (χ1n) is 7.76. The zero-order chi connectivity index (χ0) is 17.7. The number of halogens is 3. The molecule has 0 saturated carbocycles. The Morgan fingerprint density at radius 3 is 2.67 bits per heavy atom. The molecule has 5 nitrogen and oxygen atoms in total. The molecular weight excluding hydrogens is 323 g/mol. The lowest BCUT2D eigenvalue weighted by Gasteiger charge is -2.21. The third-order valence-electron chi connectivity index (χ3n) is 3.80. The predicted molar refractivity (Wildman–Crippen MR) is 83.4 cm³/mol. The van der Waals surface area contributed by atoms with Gasteiger partial charge in [-0.3, -0.25) is 4.79 Å². The minimum absolute atomic E-state index is 0.00987. The Bertz CT molecular complexity index is 604. The normalized spacial score (nSPS) is 16.2. The number of anilines is 1. The van der Waals surface area contributed by atoms with Gasteiger partial charge in [0.05, 0.1) is 11.3 Å². The molecule has 1 atom stereocenters. The van der Waals surface area contributed by atoms with E-state index in [0.717, 1.165) is 12.5 Å². The van der Waals surface area contributed by atoms with Crippen molar-refractivity contribution < 1.29 is 22.8 Å².